The highest BCUT2D eigenvalue weighted by atomic mass is 28.4. The summed E-state index contributed by atoms with van der Waals surface area (Å²) in [6.45, 7) is 22.1. The Hall–Kier alpha value is -3.49. The molecule has 2 aromatic rings. The van der Waals surface area contributed by atoms with E-state index in [1.54, 1.807) is 12.1 Å². The Bertz CT molecular complexity index is 1330. The van der Waals surface area contributed by atoms with Crippen LogP contribution >= 0.6 is 0 Å². The number of phenols is 2. The zero-order valence-corrected chi connectivity index (χ0v) is 27.5. The molecule has 0 saturated carbocycles. The van der Waals surface area contributed by atoms with Crippen LogP contribution in [0.3, 0.4) is 0 Å². The van der Waals surface area contributed by atoms with E-state index in [1.807, 2.05) is 30.3 Å². The zero-order chi connectivity index (χ0) is 30.5. The van der Waals surface area contributed by atoms with Gasteiger partial charge in [0, 0.05) is 6.54 Å². The molecule has 0 aliphatic heterocycles. The summed E-state index contributed by atoms with van der Waals surface area (Å²) in [5.74, 6) is 0.387. The van der Waals surface area contributed by atoms with Gasteiger partial charge in [-0.2, -0.15) is 5.26 Å². The Morgan fingerprint density at radius 2 is 1.48 bits per heavy atom. The van der Waals surface area contributed by atoms with Crippen molar-refractivity contribution >= 4 is 28.6 Å². The molecular formula is C31H44N2O5Si2. The quantitative estimate of drug-likeness (QED) is 0.0923. The lowest BCUT2D eigenvalue weighted by Gasteiger charge is -2.39. The first kappa shape index (κ1) is 32.7. The smallest absolute Gasteiger partial charge is 0.262 e. The van der Waals surface area contributed by atoms with Crippen molar-refractivity contribution in [2.45, 2.75) is 84.4 Å². The van der Waals surface area contributed by atoms with Gasteiger partial charge in [0.15, 0.2) is 11.5 Å². The van der Waals surface area contributed by atoms with Gasteiger partial charge < -0.3 is 24.4 Å². The summed E-state index contributed by atoms with van der Waals surface area (Å²) in [5.41, 5.74) is 1.38. The van der Waals surface area contributed by atoms with Crippen LogP contribution in [0.2, 0.25) is 36.3 Å². The number of nitriles is 1. The Morgan fingerprint density at radius 1 is 0.900 bits per heavy atom. The van der Waals surface area contributed by atoms with Gasteiger partial charge in [-0.05, 0) is 77.7 Å². The Labute approximate surface area is 241 Å². The van der Waals surface area contributed by atoms with Crippen LogP contribution in [-0.4, -0.2) is 32.8 Å². The number of allylic oxidation sites excluding steroid dienone is 2. The van der Waals surface area contributed by atoms with Crippen LogP contribution in [0.4, 0.5) is 0 Å². The maximum absolute atomic E-state index is 12.5. The Balaban J connectivity index is 2.30. The monoisotopic (exact) mass is 580 g/mol. The molecule has 3 N–H and O–H groups in total. The lowest BCUT2D eigenvalue weighted by atomic mass is 10.1. The van der Waals surface area contributed by atoms with E-state index in [9.17, 15) is 20.3 Å². The van der Waals surface area contributed by atoms with Gasteiger partial charge in [-0.3, -0.25) is 4.79 Å². The molecule has 0 aliphatic carbocycles. The Morgan fingerprint density at radius 3 is 2.00 bits per heavy atom. The fraction of sp³-hybridized carbons (Fsp3) is 0.419. The number of rotatable bonds is 9. The SMILES string of the molecule is CC(C)(C)[Si](C)(C)Oc1ccc(/C=C/C=C(\C#N)C(=O)NCc2ccc(O)c(O)c2)cc1O[Si](C)(C)C(C)(C)C. The lowest BCUT2D eigenvalue weighted by molar-refractivity contribution is -0.117. The molecule has 0 radical (unpaired) electrons. The summed E-state index contributed by atoms with van der Waals surface area (Å²) in [6.07, 6.45) is 4.93. The van der Waals surface area contributed by atoms with E-state index in [-0.39, 0.29) is 33.7 Å². The molecular weight excluding hydrogens is 537 g/mol. The van der Waals surface area contributed by atoms with Crippen molar-refractivity contribution in [3.05, 3.63) is 65.3 Å². The minimum absolute atomic E-state index is 0.00373. The van der Waals surface area contributed by atoms with Crippen molar-refractivity contribution < 1.29 is 23.9 Å². The molecule has 7 nitrogen and oxygen atoms in total. The first-order valence-electron chi connectivity index (χ1n) is 13.4. The number of hydrogen-bond donors (Lipinski definition) is 3. The summed E-state index contributed by atoms with van der Waals surface area (Å²) in [7, 11) is -4.27. The molecule has 0 fully saturated rings. The van der Waals surface area contributed by atoms with Gasteiger partial charge in [-0.25, -0.2) is 0 Å². The first-order valence-corrected chi connectivity index (χ1v) is 19.2. The van der Waals surface area contributed by atoms with Crippen molar-refractivity contribution in [2.24, 2.45) is 0 Å². The van der Waals surface area contributed by atoms with Crippen LogP contribution in [0, 0.1) is 11.3 Å². The molecule has 0 heterocycles. The average molecular weight is 581 g/mol. The van der Waals surface area contributed by atoms with E-state index in [0.717, 1.165) is 11.3 Å². The third kappa shape index (κ3) is 8.50. The first-order chi connectivity index (χ1) is 18.3. The topological polar surface area (TPSA) is 112 Å². The number of nitrogens with one attached hydrogen (secondary N) is 1. The highest BCUT2D eigenvalue weighted by molar-refractivity contribution is 6.75. The second-order valence-corrected chi connectivity index (χ2v) is 22.4. The molecule has 0 aliphatic rings. The van der Waals surface area contributed by atoms with Gasteiger partial charge in [0.2, 0.25) is 0 Å². The summed E-state index contributed by atoms with van der Waals surface area (Å²) in [6, 6.07) is 12.0. The molecule has 216 valence electrons. The van der Waals surface area contributed by atoms with E-state index in [2.05, 4.69) is 73.0 Å². The molecule has 40 heavy (non-hydrogen) atoms. The van der Waals surface area contributed by atoms with Crippen LogP contribution in [-0.2, 0) is 11.3 Å². The van der Waals surface area contributed by atoms with Gasteiger partial charge in [0.1, 0.15) is 23.1 Å². The maximum Gasteiger partial charge on any atom is 0.262 e. The number of phenolic OH excluding ortho intramolecular Hbond substituents is 2. The van der Waals surface area contributed by atoms with E-state index >= 15 is 0 Å². The van der Waals surface area contributed by atoms with E-state index < -0.39 is 22.5 Å². The molecule has 0 unspecified atom stereocenters. The molecule has 0 atom stereocenters. The van der Waals surface area contributed by atoms with Gasteiger partial charge in [0.05, 0.1) is 0 Å². The summed E-state index contributed by atoms with van der Waals surface area (Å²) >= 11 is 0. The number of benzene rings is 2. The van der Waals surface area contributed by atoms with Crippen LogP contribution in [0.15, 0.2) is 54.1 Å². The number of carbonyl (C=O) groups is 1. The van der Waals surface area contributed by atoms with Crippen LogP contribution in [0.1, 0.15) is 52.7 Å². The van der Waals surface area contributed by atoms with Gasteiger partial charge in [-0.1, -0.05) is 65.8 Å². The maximum atomic E-state index is 12.5. The van der Waals surface area contributed by atoms with Crippen LogP contribution in [0.5, 0.6) is 23.0 Å². The molecule has 0 bridgehead atoms. The second-order valence-electron chi connectivity index (χ2n) is 13.0. The minimum Gasteiger partial charge on any atom is -0.541 e. The largest absolute Gasteiger partial charge is 0.541 e. The highest BCUT2D eigenvalue weighted by Crippen LogP contribution is 2.43. The molecule has 2 aromatic carbocycles. The average Bonchev–Trinajstić information content (AvgIpc) is 2.82. The van der Waals surface area contributed by atoms with Gasteiger partial charge in [0.25, 0.3) is 22.5 Å². The number of amides is 1. The van der Waals surface area contributed by atoms with Crippen molar-refractivity contribution in [1.29, 1.82) is 5.26 Å². The molecule has 0 saturated heterocycles. The van der Waals surface area contributed by atoms with Crippen LogP contribution in [0.25, 0.3) is 6.08 Å². The normalized spacial score (nSPS) is 13.2. The van der Waals surface area contributed by atoms with Crippen LogP contribution < -0.4 is 14.2 Å². The summed E-state index contributed by atoms with van der Waals surface area (Å²) in [5, 5.41) is 31.3. The Kier molecular flexibility index (Phi) is 10.1. The second kappa shape index (κ2) is 12.4. The predicted octanol–water partition coefficient (Wildman–Crippen LogP) is 7.65. The number of nitrogens with zero attached hydrogens (tertiary/aromatic N) is 1. The van der Waals surface area contributed by atoms with Crippen molar-refractivity contribution in [1.82, 2.24) is 5.32 Å². The van der Waals surface area contributed by atoms with Crippen molar-refractivity contribution in [3.8, 4) is 29.1 Å². The third-order valence-electron chi connectivity index (χ3n) is 7.72. The van der Waals surface area contributed by atoms with Crippen molar-refractivity contribution in [2.75, 3.05) is 0 Å². The lowest BCUT2D eigenvalue weighted by Crippen LogP contribution is -2.45. The number of aromatic hydroxyl groups is 2. The molecule has 0 spiro atoms. The number of hydrogen-bond acceptors (Lipinski definition) is 6. The fourth-order valence-electron chi connectivity index (χ4n) is 3.02. The minimum atomic E-state index is -2.16. The van der Waals surface area contributed by atoms with E-state index in [0.29, 0.717) is 11.3 Å². The summed E-state index contributed by atoms with van der Waals surface area (Å²) in [4.78, 5) is 12.5. The fourth-order valence-corrected chi connectivity index (χ4v) is 5.06. The molecule has 1 amide bonds. The third-order valence-corrected chi connectivity index (χ3v) is 16.4. The van der Waals surface area contributed by atoms with E-state index in [1.165, 1.54) is 18.2 Å². The number of carbonyl (C=O) groups excluding carboxylic acids is 1. The van der Waals surface area contributed by atoms with Gasteiger partial charge in [-0.15, -0.1) is 0 Å². The summed E-state index contributed by atoms with van der Waals surface area (Å²) < 4.78 is 13.4. The van der Waals surface area contributed by atoms with Crippen molar-refractivity contribution in [3.63, 3.8) is 0 Å². The zero-order valence-electron chi connectivity index (χ0n) is 25.5. The van der Waals surface area contributed by atoms with Gasteiger partial charge >= 0.3 is 0 Å². The predicted molar refractivity (Wildman–Crippen MR) is 166 cm³/mol. The molecule has 0 aromatic heterocycles. The molecule has 9 heteroatoms. The highest BCUT2D eigenvalue weighted by Gasteiger charge is 2.42. The van der Waals surface area contributed by atoms with E-state index in [4.69, 9.17) is 8.85 Å². The standard InChI is InChI=1S/C31H44N2O5Si2/c1-30(2,3)39(7,8)37-27-17-15-22(19-28(27)38-40(9,10)31(4,5)6)12-11-13-24(20-32)29(36)33-21-23-14-16-25(34)26(35)18-23/h11-19,34-35H,21H2,1-10H3,(H,33,36)/b12-11+,24-13+. The molecule has 2 rings (SSSR count).